The van der Waals surface area contributed by atoms with Gasteiger partial charge in [0.15, 0.2) is 0 Å². The maximum atomic E-state index is 11.2. The molecule has 0 aromatic carbocycles. The van der Waals surface area contributed by atoms with Crippen molar-refractivity contribution < 1.29 is 9.90 Å². The molecular formula is C8H6N4O4. The van der Waals surface area contributed by atoms with E-state index in [2.05, 4.69) is 15.2 Å². The minimum absolute atomic E-state index is 0.0243. The molecule has 0 saturated heterocycles. The van der Waals surface area contributed by atoms with Crippen molar-refractivity contribution in [2.75, 3.05) is 0 Å². The Morgan fingerprint density at radius 2 is 1.88 bits per heavy atom. The monoisotopic (exact) mass is 222 g/mol. The molecule has 0 aliphatic rings. The number of carboxylic acids is 1. The van der Waals surface area contributed by atoms with Crippen molar-refractivity contribution in [2.24, 2.45) is 0 Å². The zero-order valence-corrected chi connectivity index (χ0v) is 7.80. The molecule has 0 bridgehead atoms. The number of aromatic amines is 2. The van der Waals surface area contributed by atoms with Gasteiger partial charge in [0.2, 0.25) is 0 Å². The van der Waals surface area contributed by atoms with Gasteiger partial charge in [-0.1, -0.05) is 0 Å². The van der Waals surface area contributed by atoms with E-state index >= 15 is 0 Å². The summed E-state index contributed by atoms with van der Waals surface area (Å²) in [6.07, 6.45) is 1.07. The second kappa shape index (κ2) is 3.50. The zero-order chi connectivity index (χ0) is 11.7. The number of hydrogen-bond acceptors (Lipinski definition) is 4. The normalized spacial score (nSPS) is 10.2. The fourth-order valence-electron chi connectivity index (χ4n) is 1.16. The van der Waals surface area contributed by atoms with E-state index in [9.17, 15) is 14.4 Å². The van der Waals surface area contributed by atoms with Crippen LogP contribution in [-0.2, 0) is 0 Å². The molecule has 2 aromatic rings. The van der Waals surface area contributed by atoms with Crippen LogP contribution >= 0.6 is 0 Å². The van der Waals surface area contributed by atoms with E-state index in [0.717, 1.165) is 10.8 Å². The highest BCUT2D eigenvalue weighted by molar-refractivity contribution is 5.87. The van der Waals surface area contributed by atoms with E-state index in [4.69, 9.17) is 5.11 Å². The van der Waals surface area contributed by atoms with Gasteiger partial charge >= 0.3 is 17.3 Å². The molecule has 2 heterocycles. The molecule has 0 radical (unpaired) electrons. The van der Waals surface area contributed by atoms with Crippen LogP contribution in [0.3, 0.4) is 0 Å². The second-order valence-corrected chi connectivity index (χ2v) is 2.91. The largest absolute Gasteiger partial charge is 0.478 e. The molecule has 0 fully saturated rings. The van der Waals surface area contributed by atoms with Crippen molar-refractivity contribution in [1.82, 2.24) is 19.7 Å². The Labute approximate surface area is 87.2 Å². The molecular weight excluding hydrogens is 216 g/mol. The summed E-state index contributed by atoms with van der Waals surface area (Å²) in [5, 5.41) is 12.8. The predicted octanol–water partition coefficient (Wildman–Crippen LogP) is -1.05. The summed E-state index contributed by atoms with van der Waals surface area (Å²) in [6, 6.07) is 2.53. The van der Waals surface area contributed by atoms with Gasteiger partial charge in [-0.15, -0.1) is 0 Å². The molecule has 0 atom stereocenters. The van der Waals surface area contributed by atoms with Gasteiger partial charge in [0.25, 0.3) is 0 Å². The lowest BCUT2D eigenvalue weighted by Gasteiger charge is -1.98. The Balaban J connectivity index is 2.55. The third kappa shape index (κ3) is 1.52. The number of H-pyrrole nitrogens is 2. The van der Waals surface area contributed by atoms with Crippen LogP contribution in [0, 0.1) is 0 Å². The minimum atomic E-state index is -1.13. The molecule has 0 saturated carbocycles. The highest BCUT2D eigenvalue weighted by atomic mass is 16.4. The maximum Gasteiger partial charge on any atom is 0.350 e. The quantitative estimate of drug-likeness (QED) is 0.598. The van der Waals surface area contributed by atoms with Crippen molar-refractivity contribution in [3.63, 3.8) is 0 Å². The highest BCUT2D eigenvalue weighted by Gasteiger charge is 2.08. The topological polar surface area (TPSA) is 121 Å². The van der Waals surface area contributed by atoms with E-state index in [1.165, 1.54) is 12.1 Å². The van der Waals surface area contributed by atoms with Crippen LogP contribution in [0.15, 0.2) is 27.9 Å². The first-order valence-electron chi connectivity index (χ1n) is 4.19. The van der Waals surface area contributed by atoms with Crippen molar-refractivity contribution >= 4 is 5.97 Å². The van der Waals surface area contributed by atoms with Crippen molar-refractivity contribution in [3.05, 3.63) is 44.9 Å². The summed E-state index contributed by atoms with van der Waals surface area (Å²) < 4.78 is 0.756. The minimum Gasteiger partial charge on any atom is -0.478 e. The predicted molar refractivity (Wildman–Crippen MR) is 51.8 cm³/mol. The van der Waals surface area contributed by atoms with Crippen molar-refractivity contribution in [2.45, 2.75) is 0 Å². The summed E-state index contributed by atoms with van der Waals surface area (Å²) in [6.45, 7) is 0. The van der Waals surface area contributed by atoms with Gasteiger partial charge in [-0.05, 0) is 12.1 Å². The molecule has 16 heavy (non-hydrogen) atoms. The van der Waals surface area contributed by atoms with Gasteiger partial charge in [-0.2, -0.15) is 4.57 Å². The fourth-order valence-corrected chi connectivity index (χ4v) is 1.16. The molecule has 3 N–H and O–H groups in total. The molecule has 0 spiro atoms. The van der Waals surface area contributed by atoms with Gasteiger partial charge in [0.05, 0.1) is 5.56 Å². The second-order valence-electron chi connectivity index (χ2n) is 2.91. The van der Waals surface area contributed by atoms with Crippen LogP contribution in [0.5, 0.6) is 0 Å². The van der Waals surface area contributed by atoms with Crippen LogP contribution in [0.2, 0.25) is 0 Å². The van der Waals surface area contributed by atoms with Crippen LogP contribution in [0.25, 0.3) is 5.82 Å². The van der Waals surface area contributed by atoms with E-state index in [1.807, 2.05) is 0 Å². The Morgan fingerprint density at radius 3 is 2.31 bits per heavy atom. The van der Waals surface area contributed by atoms with Crippen LogP contribution < -0.4 is 11.4 Å². The number of carbonyl (C=O) groups is 1. The van der Waals surface area contributed by atoms with Gasteiger partial charge in [0, 0.05) is 6.20 Å². The standard InChI is InChI=1S/C8H6N4O4/c13-6(14)4-1-2-5(9-3-4)12-7(15)10-11-8(12)16/h1-3H,(H,10,15)(H,11,16)(H,13,14). The van der Waals surface area contributed by atoms with Crippen LogP contribution in [-0.4, -0.2) is 30.8 Å². The summed E-state index contributed by atoms with van der Waals surface area (Å²) in [4.78, 5) is 36.6. The number of nitrogens with zero attached hydrogens (tertiary/aromatic N) is 2. The Bertz CT molecular complexity index is 606. The van der Waals surface area contributed by atoms with Gasteiger partial charge in [-0.3, -0.25) is 0 Å². The number of rotatable bonds is 2. The molecule has 82 valence electrons. The van der Waals surface area contributed by atoms with E-state index < -0.39 is 17.3 Å². The number of pyridine rings is 1. The third-order valence-corrected chi connectivity index (χ3v) is 1.91. The number of nitrogens with one attached hydrogen (secondary N) is 2. The lowest BCUT2D eigenvalue weighted by molar-refractivity contribution is 0.0696. The van der Waals surface area contributed by atoms with Gasteiger partial charge in [-0.25, -0.2) is 29.6 Å². The Hall–Kier alpha value is -2.64. The molecule has 2 rings (SSSR count). The highest BCUT2D eigenvalue weighted by Crippen LogP contribution is 2.01. The SMILES string of the molecule is O=C(O)c1ccc(-n2c(=O)[nH][nH]c2=O)nc1. The van der Waals surface area contributed by atoms with Crippen molar-refractivity contribution in [1.29, 1.82) is 0 Å². The number of hydrogen-bond donors (Lipinski definition) is 3. The van der Waals surface area contributed by atoms with Crippen molar-refractivity contribution in [3.8, 4) is 5.82 Å². The van der Waals surface area contributed by atoms with Gasteiger partial charge in [0.1, 0.15) is 5.82 Å². The molecule has 8 heteroatoms. The number of carboxylic acid groups (broad SMARTS) is 1. The summed E-state index contributed by atoms with van der Waals surface area (Å²) in [7, 11) is 0. The first-order valence-corrected chi connectivity index (χ1v) is 4.19. The van der Waals surface area contributed by atoms with E-state index in [1.54, 1.807) is 0 Å². The molecule has 0 aliphatic carbocycles. The number of aromatic nitrogens is 4. The van der Waals surface area contributed by atoms with E-state index in [0.29, 0.717) is 0 Å². The van der Waals surface area contributed by atoms with Gasteiger partial charge < -0.3 is 5.11 Å². The lowest BCUT2D eigenvalue weighted by Crippen LogP contribution is -2.25. The third-order valence-electron chi connectivity index (χ3n) is 1.91. The summed E-state index contributed by atoms with van der Waals surface area (Å²) in [5.74, 6) is -1.08. The summed E-state index contributed by atoms with van der Waals surface area (Å²) >= 11 is 0. The first kappa shape index (κ1) is 9.90. The van der Waals surface area contributed by atoms with Crippen LogP contribution in [0.4, 0.5) is 0 Å². The zero-order valence-electron chi connectivity index (χ0n) is 7.80. The molecule has 0 unspecified atom stereocenters. The van der Waals surface area contributed by atoms with Crippen LogP contribution in [0.1, 0.15) is 10.4 Å². The maximum absolute atomic E-state index is 11.2. The lowest BCUT2D eigenvalue weighted by atomic mass is 10.3. The molecule has 8 nitrogen and oxygen atoms in total. The average Bonchev–Trinajstić information content (AvgIpc) is 2.59. The molecule has 0 amide bonds. The van der Waals surface area contributed by atoms with E-state index in [-0.39, 0.29) is 11.4 Å². The number of aromatic carboxylic acids is 1. The molecule has 2 aromatic heterocycles. The first-order chi connectivity index (χ1) is 7.59. The smallest absolute Gasteiger partial charge is 0.350 e. The fraction of sp³-hybridized carbons (Fsp3) is 0. The Morgan fingerprint density at radius 1 is 1.25 bits per heavy atom. The Kier molecular flexibility index (Phi) is 2.16. The summed E-state index contributed by atoms with van der Waals surface area (Å²) in [5.41, 5.74) is -1.36. The molecule has 0 aliphatic heterocycles. The average molecular weight is 222 g/mol.